The van der Waals surface area contributed by atoms with Crippen LogP contribution in [0, 0.1) is 0 Å². The van der Waals surface area contributed by atoms with Gasteiger partial charge in [0.1, 0.15) is 0 Å². The summed E-state index contributed by atoms with van der Waals surface area (Å²) < 4.78 is 26.3. The van der Waals surface area contributed by atoms with Crippen LogP contribution in [0.25, 0.3) is 0 Å². The number of hydrogen-bond donors (Lipinski definition) is 3. The first-order chi connectivity index (χ1) is 11.9. The van der Waals surface area contributed by atoms with E-state index in [1.54, 1.807) is 20.9 Å². The number of carbonyl (C=O) groups excluding carboxylic acids is 2. The van der Waals surface area contributed by atoms with Gasteiger partial charge < -0.3 is 16.0 Å². The number of benzene rings is 1. The number of likely N-dealkylation sites (N-methyl/N-ethyl adjacent to an activating group) is 1. The number of sulfonamides is 1. The van der Waals surface area contributed by atoms with E-state index in [0.29, 0.717) is 26.2 Å². The summed E-state index contributed by atoms with van der Waals surface area (Å²) >= 11 is 0. The number of carbonyl (C=O) groups is 2. The molecule has 10 heteroatoms. The van der Waals surface area contributed by atoms with Crippen LogP contribution in [0.15, 0.2) is 29.2 Å². The lowest BCUT2D eigenvalue weighted by atomic mass is 10.2. The molecule has 1 aromatic rings. The highest BCUT2D eigenvalue weighted by Gasteiger charge is 2.22. The van der Waals surface area contributed by atoms with Crippen LogP contribution in [0.1, 0.15) is 24.2 Å². The molecule has 2 amide bonds. The third-order valence-corrected chi connectivity index (χ3v) is 5.59. The molecule has 0 radical (unpaired) electrons. The van der Waals surface area contributed by atoms with Crippen LogP contribution in [0.4, 0.5) is 0 Å². The highest BCUT2D eigenvalue weighted by Crippen LogP contribution is 2.16. The van der Waals surface area contributed by atoms with Gasteiger partial charge in [-0.25, -0.2) is 8.42 Å². The minimum absolute atomic E-state index is 0. The van der Waals surface area contributed by atoms with E-state index in [9.17, 15) is 18.0 Å². The zero-order valence-electron chi connectivity index (χ0n) is 15.2. The molecule has 8 nitrogen and oxygen atoms in total. The summed E-state index contributed by atoms with van der Waals surface area (Å²) in [5, 5.41) is 8.01. The van der Waals surface area contributed by atoms with Crippen molar-refractivity contribution < 1.29 is 18.0 Å². The molecule has 0 atom stereocenters. The first-order valence-corrected chi connectivity index (χ1v) is 9.60. The maximum Gasteiger partial charge on any atom is 0.251 e. The Morgan fingerprint density at radius 1 is 1.08 bits per heavy atom. The molecule has 0 aliphatic rings. The van der Waals surface area contributed by atoms with Gasteiger partial charge in [-0.2, -0.15) is 4.31 Å². The molecule has 0 saturated carbocycles. The van der Waals surface area contributed by atoms with Crippen molar-refractivity contribution >= 4 is 34.2 Å². The Morgan fingerprint density at radius 3 is 2.31 bits per heavy atom. The third kappa shape index (κ3) is 6.91. The second kappa shape index (κ2) is 11.8. The lowest BCUT2D eigenvalue weighted by Crippen LogP contribution is -2.39. The zero-order valence-corrected chi connectivity index (χ0v) is 16.9. The Balaban J connectivity index is 0.00000625. The smallest absolute Gasteiger partial charge is 0.251 e. The van der Waals surface area contributed by atoms with Crippen molar-refractivity contribution in [1.29, 1.82) is 0 Å². The normalized spacial score (nSPS) is 10.9. The van der Waals surface area contributed by atoms with Gasteiger partial charge in [0.15, 0.2) is 0 Å². The molecule has 0 saturated heterocycles. The first kappa shape index (κ1) is 24.3. The molecule has 0 heterocycles. The molecule has 26 heavy (non-hydrogen) atoms. The van der Waals surface area contributed by atoms with Crippen LogP contribution in [0.5, 0.6) is 0 Å². The van der Waals surface area contributed by atoms with E-state index in [1.807, 2.05) is 0 Å². The topological polar surface area (TPSA) is 108 Å². The average Bonchev–Trinajstić information content (AvgIpc) is 2.60. The number of halogens is 1. The Morgan fingerprint density at radius 2 is 1.73 bits per heavy atom. The molecule has 0 aliphatic heterocycles. The predicted octanol–water partition coefficient (Wildman–Crippen LogP) is 0.204. The van der Waals surface area contributed by atoms with Crippen LogP contribution in [0.2, 0.25) is 0 Å². The minimum Gasteiger partial charge on any atom is -0.353 e. The molecule has 1 rings (SSSR count). The van der Waals surface area contributed by atoms with Crippen molar-refractivity contribution in [1.82, 2.24) is 20.3 Å². The van der Waals surface area contributed by atoms with Gasteiger partial charge in [-0.1, -0.05) is 19.9 Å². The van der Waals surface area contributed by atoms with Gasteiger partial charge in [-0.05, 0) is 25.2 Å². The SMILES string of the molecule is CCN(CC)S(=O)(=O)c1cccc(C(=O)NCC(=O)NCCNC)c1.Cl. The minimum atomic E-state index is -3.64. The fraction of sp³-hybridized carbons (Fsp3) is 0.500. The second-order valence-corrected chi connectivity index (χ2v) is 7.19. The van der Waals surface area contributed by atoms with Crippen LogP contribution >= 0.6 is 12.4 Å². The summed E-state index contributed by atoms with van der Waals surface area (Å²) in [7, 11) is -1.87. The van der Waals surface area contributed by atoms with Gasteiger partial charge in [-0.3, -0.25) is 9.59 Å². The summed E-state index contributed by atoms with van der Waals surface area (Å²) in [6.45, 7) is 5.13. The number of nitrogens with zero attached hydrogens (tertiary/aromatic N) is 1. The van der Waals surface area contributed by atoms with Crippen molar-refractivity contribution in [2.24, 2.45) is 0 Å². The maximum absolute atomic E-state index is 12.5. The Labute approximate surface area is 161 Å². The van der Waals surface area contributed by atoms with Gasteiger partial charge in [0, 0.05) is 31.7 Å². The maximum atomic E-state index is 12.5. The molecule has 0 spiro atoms. The molecule has 0 unspecified atom stereocenters. The summed E-state index contributed by atoms with van der Waals surface area (Å²) in [5.41, 5.74) is 0.191. The number of amides is 2. The summed E-state index contributed by atoms with van der Waals surface area (Å²) in [6, 6.07) is 5.80. The van der Waals surface area contributed by atoms with E-state index in [-0.39, 0.29) is 35.3 Å². The highest BCUT2D eigenvalue weighted by atomic mass is 35.5. The van der Waals surface area contributed by atoms with Crippen LogP contribution in [0.3, 0.4) is 0 Å². The fourth-order valence-corrected chi connectivity index (χ4v) is 3.67. The van der Waals surface area contributed by atoms with E-state index < -0.39 is 15.9 Å². The monoisotopic (exact) mass is 406 g/mol. The Hall–Kier alpha value is -1.68. The number of hydrogen-bond acceptors (Lipinski definition) is 5. The zero-order chi connectivity index (χ0) is 18.9. The lowest BCUT2D eigenvalue weighted by molar-refractivity contribution is -0.120. The Kier molecular flexibility index (Phi) is 11.1. The van der Waals surface area contributed by atoms with Crippen LogP contribution in [-0.4, -0.2) is 64.3 Å². The summed E-state index contributed by atoms with van der Waals surface area (Å²) in [6.07, 6.45) is 0. The Bertz CT molecular complexity index is 693. The molecule has 1 aromatic carbocycles. The van der Waals surface area contributed by atoms with Crippen molar-refractivity contribution in [2.45, 2.75) is 18.7 Å². The number of rotatable bonds is 10. The molecular formula is C16H27ClN4O4S. The average molecular weight is 407 g/mol. The summed E-state index contributed by atoms with van der Waals surface area (Å²) in [5.74, 6) is -0.809. The molecule has 0 aliphatic carbocycles. The van der Waals surface area contributed by atoms with E-state index in [2.05, 4.69) is 16.0 Å². The first-order valence-electron chi connectivity index (χ1n) is 8.16. The molecule has 148 valence electrons. The molecular weight excluding hydrogens is 380 g/mol. The van der Waals surface area contributed by atoms with E-state index in [4.69, 9.17) is 0 Å². The highest BCUT2D eigenvalue weighted by molar-refractivity contribution is 7.89. The van der Waals surface area contributed by atoms with E-state index in [1.165, 1.54) is 28.6 Å². The van der Waals surface area contributed by atoms with Gasteiger partial charge in [0.05, 0.1) is 11.4 Å². The van der Waals surface area contributed by atoms with Crippen molar-refractivity contribution in [3.8, 4) is 0 Å². The van der Waals surface area contributed by atoms with E-state index in [0.717, 1.165) is 0 Å². The quantitative estimate of drug-likeness (QED) is 0.481. The summed E-state index contributed by atoms with van der Waals surface area (Å²) in [4.78, 5) is 23.8. The second-order valence-electron chi connectivity index (χ2n) is 5.25. The van der Waals surface area contributed by atoms with Crippen molar-refractivity contribution in [3.05, 3.63) is 29.8 Å². The van der Waals surface area contributed by atoms with Crippen LogP contribution in [-0.2, 0) is 14.8 Å². The predicted molar refractivity (Wildman–Crippen MR) is 103 cm³/mol. The third-order valence-electron chi connectivity index (χ3n) is 3.55. The van der Waals surface area contributed by atoms with Gasteiger partial charge in [0.2, 0.25) is 15.9 Å². The molecule has 0 aromatic heterocycles. The molecule has 3 N–H and O–H groups in total. The standard InChI is InChI=1S/C16H26N4O4S.ClH/c1-4-20(5-2)25(23,24)14-8-6-7-13(11-14)16(22)19-12-15(21)18-10-9-17-3;/h6-8,11,17H,4-5,9-10,12H2,1-3H3,(H,18,21)(H,19,22);1H. The number of nitrogens with one attached hydrogen (secondary N) is 3. The van der Waals surface area contributed by atoms with Gasteiger partial charge in [0.25, 0.3) is 5.91 Å². The molecule has 0 fully saturated rings. The van der Waals surface area contributed by atoms with Crippen molar-refractivity contribution in [3.63, 3.8) is 0 Å². The van der Waals surface area contributed by atoms with Crippen molar-refractivity contribution in [2.75, 3.05) is 39.8 Å². The molecule has 0 bridgehead atoms. The van der Waals surface area contributed by atoms with Gasteiger partial charge in [-0.15, -0.1) is 12.4 Å². The largest absolute Gasteiger partial charge is 0.353 e. The van der Waals surface area contributed by atoms with Gasteiger partial charge >= 0.3 is 0 Å². The van der Waals surface area contributed by atoms with Crippen LogP contribution < -0.4 is 16.0 Å². The van der Waals surface area contributed by atoms with E-state index >= 15 is 0 Å². The lowest BCUT2D eigenvalue weighted by Gasteiger charge is -2.18. The fourth-order valence-electron chi connectivity index (χ4n) is 2.16.